The molecule has 5 unspecified atom stereocenters. The Morgan fingerprint density at radius 3 is 2.33 bits per heavy atom. The fourth-order valence-electron chi connectivity index (χ4n) is 8.43. The van der Waals surface area contributed by atoms with Crippen LogP contribution >= 0.6 is 0 Å². The summed E-state index contributed by atoms with van der Waals surface area (Å²) in [4.78, 5) is 51.9. The Morgan fingerprint density at radius 2 is 1.69 bits per heavy atom. The second kappa shape index (κ2) is 11.9. The molecule has 9 heteroatoms. The van der Waals surface area contributed by atoms with Gasteiger partial charge in [0.1, 0.15) is 18.5 Å². The van der Waals surface area contributed by atoms with Gasteiger partial charge in [-0.3, -0.25) is 9.59 Å². The molecule has 0 bridgehead atoms. The van der Waals surface area contributed by atoms with E-state index in [0.29, 0.717) is 25.9 Å². The van der Waals surface area contributed by atoms with Crippen molar-refractivity contribution in [2.24, 2.45) is 34.5 Å². The Labute approximate surface area is 247 Å². The minimum absolute atomic E-state index is 0.212. The van der Waals surface area contributed by atoms with Crippen LogP contribution in [0.5, 0.6) is 0 Å². The van der Waals surface area contributed by atoms with Gasteiger partial charge in [0.15, 0.2) is 12.4 Å². The number of carbonyl (C=O) groups is 4. The van der Waals surface area contributed by atoms with Crippen molar-refractivity contribution >= 4 is 30.3 Å². The number of ether oxygens (including phenoxy) is 5. The number of carbonyl (C=O) groups excluding carboxylic acids is 4. The van der Waals surface area contributed by atoms with Crippen LogP contribution in [0.25, 0.3) is 6.08 Å². The van der Waals surface area contributed by atoms with Crippen LogP contribution in [-0.4, -0.2) is 61.5 Å². The molecule has 2 aliphatic heterocycles. The largest absolute Gasteiger partial charge is 0.462 e. The van der Waals surface area contributed by atoms with Crippen LogP contribution in [-0.2, 0) is 42.9 Å². The highest BCUT2D eigenvalue weighted by atomic mass is 16.7. The smallest absolute Gasteiger partial charge is 0.331 e. The summed E-state index contributed by atoms with van der Waals surface area (Å²) in [6.45, 7) is 9.26. The van der Waals surface area contributed by atoms with Crippen LogP contribution in [0.2, 0.25) is 0 Å². The predicted octanol–water partition coefficient (Wildman–Crippen LogP) is 4.51. The van der Waals surface area contributed by atoms with Gasteiger partial charge in [-0.15, -0.1) is 0 Å². The van der Waals surface area contributed by atoms with E-state index in [0.717, 1.165) is 18.3 Å². The number of fused-ring (bicyclic) bond motifs is 2. The van der Waals surface area contributed by atoms with Crippen molar-refractivity contribution in [3.8, 4) is 0 Å². The zero-order valence-corrected chi connectivity index (χ0v) is 25.0. The molecule has 228 valence electrons. The molecule has 2 aliphatic carbocycles. The van der Waals surface area contributed by atoms with Crippen molar-refractivity contribution in [3.63, 3.8) is 0 Å². The second-order valence-corrected chi connectivity index (χ2v) is 12.7. The standard InChI is InChI=1S/C33H42O9/c1-19-11-13-25(39-21(3)35)29-32(5,26-17-24-15-16-38-31(24)41-26)20(2)28(40-22(4)36)30(33(19,29)18-34)42-27(37)14-12-23-9-7-6-8-10-23/h6-10,12,14,18-20,24-26,28-31H,11,13,15-17H2,1-5H3/b14-12+/t19-,20-,24+,25?,26?,28?,29-,30?,31?,32-,33+/m0/s1. The van der Waals surface area contributed by atoms with Gasteiger partial charge in [-0.1, -0.05) is 51.1 Å². The third-order valence-electron chi connectivity index (χ3n) is 10.5. The molecule has 11 atom stereocenters. The third kappa shape index (κ3) is 5.19. The highest BCUT2D eigenvalue weighted by Crippen LogP contribution is 2.66. The van der Waals surface area contributed by atoms with Gasteiger partial charge in [0.2, 0.25) is 0 Å². The Bertz CT molecular complexity index is 1200. The van der Waals surface area contributed by atoms with E-state index < -0.39 is 58.9 Å². The summed E-state index contributed by atoms with van der Waals surface area (Å²) in [5, 5.41) is 0. The van der Waals surface area contributed by atoms with E-state index in [9.17, 15) is 19.2 Å². The molecule has 1 aromatic rings. The fraction of sp³-hybridized carbons (Fsp3) is 0.636. The first-order valence-electron chi connectivity index (χ1n) is 15.0. The molecule has 0 amide bonds. The topological polar surface area (TPSA) is 114 Å². The van der Waals surface area contributed by atoms with E-state index in [2.05, 4.69) is 0 Å². The van der Waals surface area contributed by atoms with Gasteiger partial charge in [0.05, 0.1) is 18.1 Å². The summed E-state index contributed by atoms with van der Waals surface area (Å²) in [5.74, 6) is -2.70. The molecule has 4 fully saturated rings. The van der Waals surface area contributed by atoms with Gasteiger partial charge in [-0.2, -0.15) is 0 Å². The maximum Gasteiger partial charge on any atom is 0.331 e. The molecule has 0 aromatic heterocycles. The Kier molecular flexibility index (Phi) is 8.63. The van der Waals surface area contributed by atoms with Crippen molar-refractivity contribution in [1.29, 1.82) is 0 Å². The molecule has 0 N–H and O–H groups in total. The molecule has 2 heterocycles. The molecule has 5 rings (SSSR count). The predicted molar refractivity (Wildman–Crippen MR) is 151 cm³/mol. The molecule has 4 aliphatic rings. The van der Waals surface area contributed by atoms with Gasteiger partial charge in [0.25, 0.3) is 0 Å². The van der Waals surface area contributed by atoms with Gasteiger partial charge in [0, 0.05) is 43.1 Å². The van der Waals surface area contributed by atoms with E-state index >= 15 is 0 Å². The molecular weight excluding hydrogens is 540 g/mol. The molecule has 2 saturated heterocycles. The number of esters is 3. The fourth-order valence-corrected chi connectivity index (χ4v) is 8.43. The molecule has 2 saturated carbocycles. The summed E-state index contributed by atoms with van der Waals surface area (Å²) < 4.78 is 30.5. The summed E-state index contributed by atoms with van der Waals surface area (Å²) in [6, 6.07) is 9.32. The van der Waals surface area contributed by atoms with Crippen molar-refractivity contribution in [2.45, 2.75) is 91.0 Å². The highest BCUT2D eigenvalue weighted by molar-refractivity contribution is 5.87. The van der Waals surface area contributed by atoms with E-state index in [-0.39, 0.29) is 24.2 Å². The zero-order chi connectivity index (χ0) is 30.2. The summed E-state index contributed by atoms with van der Waals surface area (Å²) in [6.07, 6.45) is 3.14. The van der Waals surface area contributed by atoms with E-state index in [1.165, 1.54) is 19.9 Å². The lowest BCUT2D eigenvalue weighted by Crippen LogP contribution is -2.73. The number of rotatable bonds is 7. The van der Waals surface area contributed by atoms with Crippen LogP contribution in [0.1, 0.15) is 65.9 Å². The average molecular weight is 583 g/mol. The van der Waals surface area contributed by atoms with E-state index in [1.54, 1.807) is 6.08 Å². The summed E-state index contributed by atoms with van der Waals surface area (Å²) >= 11 is 0. The summed E-state index contributed by atoms with van der Waals surface area (Å²) in [7, 11) is 0. The lowest BCUT2D eigenvalue weighted by molar-refractivity contribution is -0.282. The monoisotopic (exact) mass is 582 g/mol. The lowest BCUT2D eigenvalue weighted by Gasteiger charge is -2.65. The molecule has 1 aromatic carbocycles. The first kappa shape index (κ1) is 30.4. The molecule has 9 nitrogen and oxygen atoms in total. The number of benzene rings is 1. The molecule has 0 spiro atoms. The van der Waals surface area contributed by atoms with Gasteiger partial charge in [-0.25, -0.2) is 4.79 Å². The number of hydrogen-bond acceptors (Lipinski definition) is 9. The quantitative estimate of drug-likeness (QED) is 0.198. The van der Waals surface area contributed by atoms with E-state index in [4.69, 9.17) is 23.7 Å². The Morgan fingerprint density at radius 1 is 0.976 bits per heavy atom. The highest BCUT2D eigenvalue weighted by Gasteiger charge is 2.73. The van der Waals surface area contributed by atoms with Crippen LogP contribution in [0.3, 0.4) is 0 Å². The minimum atomic E-state index is -1.32. The molecular formula is C33H42O9. The first-order chi connectivity index (χ1) is 20.0. The van der Waals surface area contributed by atoms with Crippen molar-refractivity contribution in [3.05, 3.63) is 42.0 Å². The van der Waals surface area contributed by atoms with Gasteiger partial charge < -0.3 is 28.5 Å². The SMILES string of the molecule is CC(=O)OC1C(OC(=O)/C=C/c2ccccc2)[C@]2(C=O)[C@@H](C)CCC(OC(C)=O)[C@H]2[C@](C)(C2C[C@H]3CCOC3O2)[C@H]1C. The lowest BCUT2D eigenvalue weighted by atomic mass is 9.41. The summed E-state index contributed by atoms with van der Waals surface area (Å²) in [5.41, 5.74) is -1.31. The van der Waals surface area contributed by atoms with Gasteiger partial charge >= 0.3 is 17.9 Å². The maximum atomic E-state index is 13.6. The maximum absolute atomic E-state index is 13.6. The van der Waals surface area contributed by atoms with Crippen LogP contribution in [0.15, 0.2) is 36.4 Å². The van der Waals surface area contributed by atoms with Crippen LogP contribution < -0.4 is 0 Å². The molecule has 42 heavy (non-hydrogen) atoms. The molecule has 0 radical (unpaired) electrons. The minimum Gasteiger partial charge on any atom is -0.462 e. The third-order valence-corrected chi connectivity index (χ3v) is 10.5. The number of hydrogen-bond donors (Lipinski definition) is 0. The second-order valence-electron chi connectivity index (χ2n) is 12.7. The van der Waals surface area contributed by atoms with Crippen molar-refractivity contribution < 1.29 is 42.9 Å². The van der Waals surface area contributed by atoms with Crippen LogP contribution in [0.4, 0.5) is 0 Å². The zero-order valence-electron chi connectivity index (χ0n) is 25.0. The van der Waals surface area contributed by atoms with Crippen LogP contribution in [0, 0.1) is 34.5 Å². The van der Waals surface area contributed by atoms with Crippen molar-refractivity contribution in [2.75, 3.05) is 6.61 Å². The van der Waals surface area contributed by atoms with E-state index in [1.807, 2.05) is 51.1 Å². The average Bonchev–Trinajstić information content (AvgIpc) is 3.57. The Hall–Kier alpha value is -3.04. The normalized spacial score (nSPS) is 41.0. The Balaban J connectivity index is 1.61. The first-order valence-corrected chi connectivity index (χ1v) is 15.0. The van der Waals surface area contributed by atoms with Crippen molar-refractivity contribution in [1.82, 2.24) is 0 Å². The van der Waals surface area contributed by atoms with Gasteiger partial charge in [-0.05, 0) is 43.2 Å². The number of aldehydes is 1.